The molecule has 0 atom stereocenters. The predicted molar refractivity (Wildman–Crippen MR) is 54.3 cm³/mol. The molecule has 4 nitrogen and oxygen atoms in total. The lowest BCUT2D eigenvalue weighted by Gasteiger charge is -2.15. The third-order valence-electron chi connectivity index (χ3n) is 1.89. The first kappa shape index (κ1) is 11.1. The second-order valence-corrected chi connectivity index (χ2v) is 3.32. The van der Waals surface area contributed by atoms with Crippen LogP contribution in [-0.4, -0.2) is 30.9 Å². The topological polar surface area (TPSA) is 59.5 Å². The maximum Gasteiger partial charge on any atom is 0.258 e. The molecule has 78 valence electrons. The first-order chi connectivity index (χ1) is 6.66. The van der Waals surface area contributed by atoms with Crippen LogP contribution in [0.1, 0.15) is 16.8 Å². The summed E-state index contributed by atoms with van der Waals surface area (Å²) in [5, 5.41) is 0.134. The maximum absolute atomic E-state index is 11.7. The highest BCUT2D eigenvalue weighted by atomic mass is 35.5. The normalized spacial score (nSPS) is 10.2. The highest BCUT2D eigenvalue weighted by molar-refractivity contribution is 6.32. The molecular formula is C9H13ClN2O2. The molecule has 1 heterocycles. The van der Waals surface area contributed by atoms with Crippen LogP contribution in [0.5, 0.6) is 0 Å². The minimum atomic E-state index is -0.141. The van der Waals surface area contributed by atoms with E-state index in [0.29, 0.717) is 18.7 Å². The van der Waals surface area contributed by atoms with E-state index < -0.39 is 0 Å². The van der Waals surface area contributed by atoms with Crippen LogP contribution >= 0.6 is 11.6 Å². The summed E-state index contributed by atoms with van der Waals surface area (Å²) >= 11 is 5.67. The Balaban J connectivity index is 2.61. The van der Waals surface area contributed by atoms with Gasteiger partial charge in [-0.3, -0.25) is 4.79 Å². The quantitative estimate of drug-likeness (QED) is 0.827. The van der Waals surface area contributed by atoms with E-state index in [1.165, 1.54) is 6.26 Å². The van der Waals surface area contributed by atoms with Gasteiger partial charge in [-0.2, -0.15) is 0 Å². The second-order valence-electron chi connectivity index (χ2n) is 2.98. The molecule has 0 saturated carbocycles. The molecule has 0 unspecified atom stereocenters. The van der Waals surface area contributed by atoms with Gasteiger partial charge in [0, 0.05) is 13.6 Å². The van der Waals surface area contributed by atoms with E-state index in [2.05, 4.69) is 0 Å². The Morgan fingerprint density at radius 2 is 2.43 bits per heavy atom. The highest BCUT2D eigenvalue weighted by Gasteiger charge is 2.16. The largest absolute Gasteiger partial charge is 0.452 e. The molecule has 1 aromatic heterocycles. The molecule has 0 spiro atoms. The van der Waals surface area contributed by atoms with Crippen molar-refractivity contribution in [3.63, 3.8) is 0 Å². The van der Waals surface area contributed by atoms with Gasteiger partial charge in [0.25, 0.3) is 5.91 Å². The second kappa shape index (κ2) is 5.02. The summed E-state index contributed by atoms with van der Waals surface area (Å²) < 4.78 is 4.83. The van der Waals surface area contributed by atoms with Gasteiger partial charge >= 0.3 is 0 Å². The van der Waals surface area contributed by atoms with E-state index in [0.717, 1.165) is 6.42 Å². The van der Waals surface area contributed by atoms with Crippen LogP contribution in [-0.2, 0) is 0 Å². The first-order valence-electron chi connectivity index (χ1n) is 4.35. The fraction of sp³-hybridized carbons (Fsp3) is 0.444. The SMILES string of the molecule is CN(CCCN)C(=O)c1ccoc1Cl. The van der Waals surface area contributed by atoms with Crippen LogP contribution in [0.15, 0.2) is 16.7 Å². The molecule has 0 radical (unpaired) electrons. The zero-order chi connectivity index (χ0) is 10.6. The summed E-state index contributed by atoms with van der Waals surface area (Å²) in [7, 11) is 1.71. The lowest BCUT2D eigenvalue weighted by Crippen LogP contribution is -2.28. The van der Waals surface area contributed by atoms with Gasteiger partial charge in [-0.15, -0.1) is 0 Å². The van der Waals surface area contributed by atoms with E-state index in [1.807, 2.05) is 0 Å². The number of hydrogen-bond acceptors (Lipinski definition) is 3. The van der Waals surface area contributed by atoms with Crippen LogP contribution in [0.25, 0.3) is 0 Å². The van der Waals surface area contributed by atoms with Crippen molar-refractivity contribution in [1.29, 1.82) is 0 Å². The third kappa shape index (κ3) is 2.49. The minimum Gasteiger partial charge on any atom is -0.452 e. The molecule has 0 saturated heterocycles. The van der Waals surface area contributed by atoms with Crippen LogP contribution in [0, 0.1) is 0 Å². The number of carbonyl (C=O) groups is 1. The van der Waals surface area contributed by atoms with Gasteiger partial charge in [-0.1, -0.05) is 0 Å². The number of furan rings is 1. The van der Waals surface area contributed by atoms with Crippen molar-refractivity contribution in [3.8, 4) is 0 Å². The number of amides is 1. The number of carbonyl (C=O) groups excluding carboxylic acids is 1. The van der Waals surface area contributed by atoms with Crippen molar-refractivity contribution in [2.45, 2.75) is 6.42 Å². The van der Waals surface area contributed by atoms with Crippen LogP contribution in [0.4, 0.5) is 0 Å². The van der Waals surface area contributed by atoms with E-state index in [4.69, 9.17) is 21.8 Å². The van der Waals surface area contributed by atoms with Gasteiger partial charge in [0.2, 0.25) is 5.22 Å². The van der Waals surface area contributed by atoms with E-state index in [-0.39, 0.29) is 11.1 Å². The monoisotopic (exact) mass is 216 g/mol. The van der Waals surface area contributed by atoms with Gasteiger partial charge in [-0.25, -0.2) is 0 Å². The molecule has 0 bridgehead atoms. The number of hydrogen-bond donors (Lipinski definition) is 1. The molecule has 0 aliphatic rings. The summed E-state index contributed by atoms with van der Waals surface area (Å²) in [6.07, 6.45) is 2.17. The molecule has 0 fully saturated rings. The molecule has 2 N–H and O–H groups in total. The predicted octanol–water partition coefficient (Wildman–Crippen LogP) is 1.35. The summed E-state index contributed by atoms with van der Waals surface area (Å²) in [6, 6.07) is 1.56. The smallest absolute Gasteiger partial charge is 0.258 e. The Morgan fingerprint density at radius 3 is 2.93 bits per heavy atom. The molecular weight excluding hydrogens is 204 g/mol. The average molecular weight is 217 g/mol. The van der Waals surface area contributed by atoms with Gasteiger partial charge in [0.05, 0.1) is 11.8 Å². The molecule has 0 aliphatic heterocycles. The zero-order valence-corrected chi connectivity index (χ0v) is 8.75. The molecule has 0 aliphatic carbocycles. The minimum absolute atomic E-state index is 0.134. The molecule has 0 aromatic carbocycles. The third-order valence-corrected chi connectivity index (χ3v) is 2.19. The van der Waals surface area contributed by atoms with Gasteiger partial charge < -0.3 is 15.1 Å². The van der Waals surface area contributed by atoms with Crippen molar-refractivity contribution in [2.75, 3.05) is 20.1 Å². The number of halogens is 1. The summed E-state index contributed by atoms with van der Waals surface area (Å²) in [6.45, 7) is 1.19. The number of rotatable bonds is 4. The summed E-state index contributed by atoms with van der Waals surface area (Å²) in [5.74, 6) is -0.141. The fourth-order valence-electron chi connectivity index (χ4n) is 1.08. The van der Waals surface area contributed by atoms with Crippen molar-refractivity contribution in [1.82, 2.24) is 4.90 Å². The van der Waals surface area contributed by atoms with Gasteiger partial charge in [0.15, 0.2) is 0 Å². The van der Waals surface area contributed by atoms with Crippen molar-refractivity contribution in [3.05, 3.63) is 23.1 Å². The Morgan fingerprint density at radius 1 is 1.71 bits per heavy atom. The summed E-state index contributed by atoms with van der Waals surface area (Å²) in [4.78, 5) is 13.2. The van der Waals surface area contributed by atoms with Crippen LogP contribution < -0.4 is 5.73 Å². The lowest BCUT2D eigenvalue weighted by molar-refractivity contribution is 0.0794. The van der Waals surface area contributed by atoms with Crippen molar-refractivity contribution >= 4 is 17.5 Å². The van der Waals surface area contributed by atoms with Crippen molar-refractivity contribution < 1.29 is 9.21 Å². The van der Waals surface area contributed by atoms with E-state index in [1.54, 1.807) is 18.0 Å². The molecule has 1 rings (SSSR count). The van der Waals surface area contributed by atoms with Crippen LogP contribution in [0.2, 0.25) is 5.22 Å². The molecule has 1 amide bonds. The highest BCUT2D eigenvalue weighted by Crippen LogP contribution is 2.17. The van der Waals surface area contributed by atoms with Crippen molar-refractivity contribution in [2.24, 2.45) is 5.73 Å². The Bertz CT molecular complexity index is 312. The van der Waals surface area contributed by atoms with E-state index in [9.17, 15) is 4.79 Å². The Labute approximate surface area is 87.6 Å². The average Bonchev–Trinajstić information content (AvgIpc) is 2.59. The number of nitrogens with zero attached hydrogens (tertiary/aromatic N) is 1. The van der Waals surface area contributed by atoms with Crippen LogP contribution in [0.3, 0.4) is 0 Å². The maximum atomic E-state index is 11.7. The zero-order valence-electron chi connectivity index (χ0n) is 8.00. The summed E-state index contributed by atoms with van der Waals surface area (Å²) in [5.41, 5.74) is 5.74. The fourth-order valence-corrected chi connectivity index (χ4v) is 1.28. The van der Waals surface area contributed by atoms with E-state index >= 15 is 0 Å². The molecule has 5 heteroatoms. The lowest BCUT2D eigenvalue weighted by atomic mass is 10.3. The van der Waals surface area contributed by atoms with Gasteiger partial charge in [0.1, 0.15) is 0 Å². The Kier molecular flexibility index (Phi) is 3.98. The molecule has 14 heavy (non-hydrogen) atoms. The Hall–Kier alpha value is -1.00. The first-order valence-corrected chi connectivity index (χ1v) is 4.73. The van der Waals surface area contributed by atoms with Gasteiger partial charge in [-0.05, 0) is 30.6 Å². The molecule has 1 aromatic rings. The standard InChI is InChI=1S/C9H13ClN2O2/c1-12(5-2-4-11)9(13)7-3-6-14-8(7)10/h3,6H,2,4-5,11H2,1H3. The number of nitrogens with two attached hydrogens (primary N) is 1.